The second-order valence-electron chi connectivity index (χ2n) is 8.79. The maximum atomic E-state index is 14.0. The maximum Gasteiger partial charge on any atom is 0.264 e. The van der Waals surface area contributed by atoms with Crippen molar-refractivity contribution in [2.24, 2.45) is 0 Å². The molecule has 0 spiro atoms. The van der Waals surface area contributed by atoms with E-state index in [0.29, 0.717) is 33.6 Å². The Bertz CT molecular complexity index is 1400. The van der Waals surface area contributed by atoms with Crippen molar-refractivity contribution >= 4 is 62.3 Å². The molecule has 0 saturated heterocycles. The van der Waals surface area contributed by atoms with E-state index in [9.17, 15) is 18.0 Å². The van der Waals surface area contributed by atoms with Crippen molar-refractivity contribution in [3.05, 3.63) is 93.4 Å². The van der Waals surface area contributed by atoms with E-state index in [2.05, 4.69) is 5.32 Å². The normalized spacial score (nSPS) is 12.0. The van der Waals surface area contributed by atoms with Crippen LogP contribution in [-0.2, 0) is 26.2 Å². The van der Waals surface area contributed by atoms with Crippen LogP contribution >= 0.6 is 34.8 Å². The fourth-order valence-electron chi connectivity index (χ4n) is 4.00. The highest BCUT2D eigenvalue weighted by Gasteiger charge is 2.33. The quantitative estimate of drug-likeness (QED) is 0.266. The molecule has 0 aliphatic rings. The molecule has 1 atom stereocenters. The van der Waals surface area contributed by atoms with Crippen molar-refractivity contribution in [3.8, 4) is 0 Å². The predicted octanol–water partition coefficient (Wildman–Crippen LogP) is 6.18. The molecular weight excluding hydrogens is 581 g/mol. The molecule has 39 heavy (non-hydrogen) atoms. The van der Waals surface area contributed by atoms with Crippen LogP contribution in [0.3, 0.4) is 0 Å². The molecule has 3 aromatic rings. The second-order valence-corrected chi connectivity index (χ2v) is 11.9. The number of benzene rings is 3. The molecule has 0 aliphatic heterocycles. The molecule has 7 nitrogen and oxygen atoms in total. The standard InChI is InChI=1S/C28H30Cl3N3O4S/c1-3-15-32-28(36)26(4-2)33(18-20-13-14-24(30)25(31)16-20)27(35)19-34(22-10-8-9-21(29)17-22)39(37,38)23-11-6-5-7-12-23/h5-14,16-17,26H,3-4,15,18-19H2,1-2H3,(H,32,36)/t26-/m0/s1. The summed E-state index contributed by atoms with van der Waals surface area (Å²) in [6.07, 6.45) is 1.03. The van der Waals surface area contributed by atoms with Gasteiger partial charge in [0.1, 0.15) is 12.6 Å². The van der Waals surface area contributed by atoms with Gasteiger partial charge in [0.25, 0.3) is 10.0 Å². The Morgan fingerprint density at radius 1 is 0.897 bits per heavy atom. The van der Waals surface area contributed by atoms with E-state index in [1.54, 1.807) is 61.5 Å². The van der Waals surface area contributed by atoms with Crippen molar-refractivity contribution in [2.75, 3.05) is 17.4 Å². The third-order valence-electron chi connectivity index (χ3n) is 5.98. The summed E-state index contributed by atoms with van der Waals surface area (Å²) in [4.78, 5) is 28.5. The minimum absolute atomic E-state index is 0.0153. The van der Waals surface area contributed by atoms with Gasteiger partial charge >= 0.3 is 0 Å². The first-order valence-electron chi connectivity index (χ1n) is 12.4. The topological polar surface area (TPSA) is 86.8 Å². The van der Waals surface area contributed by atoms with Crippen molar-refractivity contribution in [2.45, 2.75) is 44.2 Å². The summed E-state index contributed by atoms with van der Waals surface area (Å²) in [5.74, 6) is -0.896. The van der Waals surface area contributed by atoms with Crippen molar-refractivity contribution in [1.82, 2.24) is 10.2 Å². The van der Waals surface area contributed by atoms with Gasteiger partial charge in [-0.2, -0.15) is 0 Å². The number of halogens is 3. The molecule has 3 rings (SSSR count). The lowest BCUT2D eigenvalue weighted by Gasteiger charge is -2.33. The maximum absolute atomic E-state index is 14.0. The molecule has 3 aromatic carbocycles. The highest BCUT2D eigenvalue weighted by molar-refractivity contribution is 7.92. The number of hydrogen-bond donors (Lipinski definition) is 1. The van der Waals surface area contributed by atoms with E-state index in [1.165, 1.54) is 23.1 Å². The van der Waals surface area contributed by atoms with Crippen LogP contribution in [-0.4, -0.2) is 44.3 Å². The molecule has 0 fully saturated rings. The van der Waals surface area contributed by atoms with Crippen LogP contribution in [0.1, 0.15) is 32.3 Å². The first kappa shape index (κ1) is 30.8. The number of carbonyl (C=O) groups is 2. The van der Waals surface area contributed by atoms with Crippen LogP contribution < -0.4 is 9.62 Å². The molecule has 0 aromatic heterocycles. The fourth-order valence-corrected chi connectivity index (χ4v) is 5.93. The fraction of sp³-hybridized carbons (Fsp3) is 0.286. The predicted molar refractivity (Wildman–Crippen MR) is 157 cm³/mol. The van der Waals surface area contributed by atoms with E-state index in [0.717, 1.165) is 10.7 Å². The van der Waals surface area contributed by atoms with E-state index in [4.69, 9.17) is 34.8 Å². The first-order chi connectivity index (χ1) is 18.6. The SMILES string of the molecule is CCCNC(=O)[C@H](CC)N(Cc1ccc(Cl)c(Cl)c1)C(=O)CN(c1cccc(Cl)c1)S(=O)(=O)c1ccccc1. The molecule has 0 unspecified atom stereocenters. The number of nitrogens with zero attached hydrogens (tertiary/aromatic N) is 2. The molecule has 0 heterocycles. The highest BCUT2D eigenvalue weighted by Crippen LogP contribution is 2.28. The summed E-state index contributed by atoms with van der Waals surface area (Å²) in [6, 6.07) is 18.2. The Hall–Kier alpha value is -2.78. The summed E-state index contributed by atoms with van der Waals surface area (Å²) < 4.78 is 28.5. The molecule has 0 saturated carbocycles. The number of hydrogen-bond acceptors (Lipinski definition) is 4. The summed E-state index contributed by atoms with van der Waals surface area (Å²) >= 11 is 18.5. The van der Waals surface area contributed by atoms with Crippen LogP contribution in [0.15, 0.2) is 77.7 Å². The Kier molecular flexibility index (Phi) is 11.1. The Labute approximate surface area is 244 Å². The van der Waals surface area contributed by atoms with Crippen molar-refractivity contribution < 1.29 is 18.0 Å². The Balaban J connectivity index is 2.05. The van der Waals surface area contributed by atoms with Gasteiger partial charge in [-0.1, -0.05) is 79.0 Å². The summed E-state index contributed by atoms with van der Waals surface area (Å²) in [5, 5.41) is 3.81. The van der Waals surface area contributed by atoms with Crippen LogP contribution in [0.5, 0.6) is 0 Å². The minimum Gasteiger partial charge on any atom is -0.354 e. The van der Waals surface area contributed by atoms with Crippen molar-refractivity contribution in [3.63, 3.8) is 0 Å². The lowest BCUT2D eigenvalue weighted by atomic mass is 10.1. The van der Waals surface area contributed by atoms with E-state index >= 15 is 0 Å². The molecular formula is C28H30Cl3N3O4S. The third-order valence-corrected chi connectivity index (χ3v) is 8.74. The van der Waals surface area contributed by atoms with Gasteiger partial charge in [-0.15, -0.1) is 0 Å². The van der Waals surface area contributed by atoms with Gasteiger partial charge in [-0.25, -0.2) is 8.42 Å². The molecule has 0 radical (unpaired) electrons. The third kappa shape index (κ3) is 7.88. The number of carbonyl (C=O) groups excluding carboxylic acids is 2. The zero-order chi connectivity index (χ0) is 28.6. The molecule has 208 valence electrons. The van der Waals surface area contributed by atoms with E-state index in [1.807, 2.05) is 6.92 Å². The van der Waals surface area contributed by atoms with Gasteiger partial charge in [-0.05, 0) is 60.9 Å². The molecule has 2 amide bonds. The van der Waals surface area contributed by atoms with Gasteiger partial charge in [0.05, 0.1) is 20.6 Å². The van der Waals surface area contributed by atoms with Crippen LogP contribution in [0, 0.1) is 0 Å². The number of nitrogens with one attached hydrogen (secondary N) is 1. The van der Waals surface area contributed by atoms with Gasteiger partial charge in [0.15, 0.2) is 0 Å². The second kappa shape index (κ2) is 14.0. The van der Waals surface area contributed by atoms with Crippen molar-refractivity contribution in [1.29, 1.82) is 0 Å². The Morgan fingerprint density at radius 3 is 2.23 bits per heavy atom. The Morgan fingerprint density at radius 2 is 1.62 bits per heavy atom. The molecule has 0 aliphatic carbocycles. The van der Waals surface area contributed by atoms with Gasteiger partial charge in [-0.3, -0.25) is 13.9 Å². The number of rotatable bonds is 12. The largest absolute Gasteiger partial charge is 0.354 e. The lowest BCUT2D eigenvalue weighted by Crippen LogP contribution is -2.52. The zero-order valence-corrected chi connectivity index (χ0v) is 24.7. The average Bonchev–Trinajstić information content (AvgIpc) is 2.92. The summed E-state index contributed by atoms with van der Waals surface area (Å²) in [5.41, 5.74) is 0.859. The summed E-state index contributed by atoms with van der Waals surface area (Å²) in [6.45, 7) is 3.62. The van der Waals surface area contributed by atoms with Crippen LogP contribution in [0.4, 0.5) is 5.69 Å². The van der Waals surface area contributed by atoms with Crippen LogP contribution in [0.25, 0.3) is 0 Å². The van der Waals surface area contributed by atoms with Gasteiger partial charge < -0.3 is 10.2 Å². The van der Waals surface area contributed by atoms with Gasteiger partial charge in [0.2, 0.25) is 11.8 Å². The first-order valence-corrected chi connectivity index (χ1v) is 15.0. The van der Waals surface area contributed by atoms with E-state index in [-0.39, 0.29) is 23.0 Å². The lowest BCUT2D eigenvalue weighted by molar-refractivity contribution is -0.140. The van der Waals surface area contributed by atoms with Crippen LogP contribution in [0.2, 0.25) is 15.1 Å². The smallest absolute Gasteiger partial charge is 0.264 e. The molecule has 1 N–H and O–H groups in total. The highest BCUT2D eigenvalue weighted by atomic mass is 35.5. The number of sulfonamides is 1. The van der Waals surface area contributed by atoms with Gasteiger partial charge in [0, 0.05) is 18.1 Å². The monoisotopic (exact) mass is 609 g/mol. The average molecular weight is 611 g/mol. The molecule has 11 heteroatoms. The summed E-state index contributed by atoms with van der Waals surface area (Å²) in [7, 11) is -4.16. The zero-order valence-electron chi connectivity index (χ0n) is 21.6. The number of amides is 2. The van der Waals surface area contributed by atoms with E-state index < -0.39 is 28.5 Å². The number of anilines is 1. The minimum atomic E-state index is -4.16. The molecule has 0 bridgehead atoms.